The highest BCUT2D eigenvalue weighted by Gasteiger charge is 2.20. The van der Waals surface area contributed by atoms with Crippen LogP contribution in [0.25, 0.3) is 0 Å². The van der Waals surface area contributed by atoms with Gasteiger partial charge in [-0.1, -0.05) is 6.07 Å². The van der Waals surface area contributed by atoms with Gasteiger partial charge in [0, 0.05) is 12.7 Å². The fraction of sp³-hybridized carbons (Fsp3) is 0.273. The molecule has 1 N–H and O–H groups in total. The molecule has 2 aromatic heterocycles. The zero-order chi connectivity index (χ0) is 13.2. The number of rotatable bonds is 4. The largest absolute Gasteiger partial charge is 0.269 e. The minimum atomic E-state index is -3.63. The lowest BCUT2D eigenvalue weighted by molar-refractivity contribution is 0.598. The number of aromatic nitrogens is 3. The summed E-state index contributed by atoms with van der Waals surface area (Å²) in [4.78, 5) is 4.10. The molecule has 0 atom stereocenters. The molecular weight excluding hydrogens is 252 g/mol. The Balaban J connectivity index is 2.34. The lowest BCUT2D eigenvalue weighted by atomic mass is 10.5. The molecule has 0 unspecified atom stereocenters. The van der Waals surface area contributed by atoms with Crippen LogP contribution in [0.5, 0.6) is 0 Å². The van der Waals surface area contributed by atoms with Gasteiger partial charge in [-0.2, -0.15) is 5.10 Å². The molecule has 18 heavy (non-hydrogen) atoms. The summed E-state index contributed by atoms with van der Waals surface area (Å²) >= 11 is 0. The quantitative estimate of drug-likeness (QED) is 0.907. The lowest BCUT2D eigenvalue weighted by Crippen LogP contribution is -2.14. The van der Waals surface area contributed by atoms with Gasteiger partial charge in [-0.15, -0.1) is 0 Å². The molecule has 0 aliphatic rings. The first kappa shape index (κ1) is 12.6. The maximum absolute atomic E-state index is 12.1. The Bertz CT molecular complexity index is 634. The summed E-state index contributed by atoms with van der Waals surface area (Å²) < 4.78 is 28.3. The molecule has 6 nitrogen and oxygen atoms in total. The van der Waals surface area contributed by atoms with Crippen molar-refractivity contribution in [1.29, 1.82) is 0 Å². The second kappa shape index (κ2) is 4.77. The van der Waals surface area contributed by atoms with Crippen LogP contribution in [0.1, 0.15) is 12.6 Å². The molecule has 0 aliphatic carbocycles. The van der Waals surface area contributed by atoms with Gasteiger partial charge in [-0.3, -0.25) is 9.40 Å². The monoisotopic (exact) mass is 266 g/mol. The molecule has 0 spiro atoms. The van der Waals surface area contributed by atoms with Crippen molar-refractivity contribution in [3.8, 4) is 0 Å². The predicted octanol–water partition coefficient (Wildman–Crippen LogP) is 1.41. The van der Waals surface area contributed by atoms with Crippen molar-refractivity contribution in [2.45, 2.75) is 25.3 Å². The summed E-state index contributed by atoms with van der Waals surface area (Å²) in [5, 5.41) is 4.02. The first-order valence-corrected chi connectivity index (χ1v) is 6.99. The summed E-state index contributed by atoms with van der Waals surface area (Å²) in [6, 6.07) is 5.03. The van der Waals surface area contributed by atoms with Crippen molar-refractivity contribution in [2.24, 2.45) is 0 Å². The van der Waals surface area contributed by atoms with E-state index in [2.05, 4.69) is 14.8 Å². The van der Waals surface area contributed by atoms with Gasteiger partial charge in [-0.05, 0) is 26.0 Å². The van der Waals surface area contributed by atoms with Gasteiger partial charge in [0.25, 0.3) is 10.0 Å². The third-order valence-corrected chi connectivity index (χ3v) is 4.01. The molecule has 0 saturated heterocycles. The predicted molar refractivity (Wildman–Crippen MR) is 67.7 cm³/mol. The highest BCUT2D eigenvalue weighted by atomic mass is 32.2. The van der Waals surface area contributed by atoms with E-state index < -0.39 is 10.0 Å². The van der Waals surface area contributed by atoms with Crippen LogP contribution >= 0.6 is 0 Å². The van der Waals surface area contributed by atoms with Gasteiger partial charge < -0.3 is 0 Å². The minimum Gasteiger partial charge on any atom is -0.269 e. The van der Waals surface area contributed by atoms with Gasteiger partial charge >= 0.3 is 0 Å². The molecular formula is C11H14N4O2S. The molecule has 0 fully saturated rings. The van der Waals surface area contributed by atoms with Crippen LogP contribution in [-0.2, 0) is 16.6 Å². The summed E-state index contributed by atoms with van der Waals surface area (Å²) in [6.45, 7) is 4.26. The van der Waals surface area contributed by atoms with Crippen LogP contribution in [0.2, 0.25) is 0 Å². The SMILES string of the molecule is CCn1ncc(S(=O)(=O)Nc2ccccn2)c1C. The molecule has 2 heterocycles. The molecule has 0 radical (unpaired) electrons. The first-order chi connectivity index (χ1) is 8.54. The van der Waals surface area contributed by atoms with Gasteiger partial charge in [0.15, 0.2) is 0 Å². The first-order valence-electron chi connectivity index (χ1n) is 5.51. The van der Waals surface area contributed by atoms with Crippen LogP contribution in [0, 0.1) is 6.92 Å². The lowest BCUT2D eigenvalue weighted by Gasteiger charge is -2.06. The Morgan fingerprint density at radius 1 is 1.39 bits per heavy atom. The third-order valence-electron chi connectivity index (χ3n) is 2.55. The van der Waals surface area contributed by atoms with E-state index in [1.807, 2.05) is 6.92 Å². The Kier molecular flexibility index (Phi) is 3.33. The number of hydrogen-bond acceptors (Lipinski definition) is 4. The number of nitrogens with zero attached hydrogens (tertiary/aromatic N) is 3. The molecule has 2 aromatic rings. The third kappa shape index (κ3) is 2.35. The van der Waals surface area contributed by atoms with E-state index in [9.17, 15) is 8.42 Å². The number of hydrogen-bond donors (Lipinski definition) is 1. The van der Waals surface area contributed by atoms with Crippen molar-refractivity contribution in [3.63, 3.8) is 0 Å². The van der Waals surface area contributed by atoms with Crippen LogP contribution in [0.4, 0.5) is 5.82 Å². The maximum Gasteiger partial charge on any atom is 0.266 e. The average molecular weight is 266 g/mol. The van der Waals surface area contributed by atoms with E-state index in [-0.39, 0.29) is 4.90 Å². The standard InChI is InChI=1S/C11H14N4O2S/c1-3-15-9(2)10(8-13-15)18(16,17)14-11-6-4-5-7-12-11/h4-8H,3H2,1-2H3,(H,12,14). The Morgan fingerprint density at radius 2 is 2.17 bits per heavy atom. The zero-order valence-electron chi connectivity index (χ0n) is 10.2. The number of nitrogens with one attached hydrogen (secondary N) is 1. The van der Waals surface area contributed by atoms with Crippen molar-refractivity contribution in [3.05, 3.63) is 36.3 Å². The van der Waals surface area contributed by atoms with Gasteiger partial charge in [0.1, 0.15) is 10.7 Å². The Labute approximate surface area is 106 Å². The summed E-state index contributed by atoms with van der Waals surface area (Å²) in [7, 11) is -3.63. The fourth-order valence-electron chi connectivity index (χ4n) is 1.63. The summed E-state index contributed by atoms with van der Waals surface area (Å²) in [5.74, 6) is 0.293. The molecule has 0 amide bonds. The van der Waals surface area contributed by atoms with Gasteiger partial charge in [0.05, 0.1) is 11.9 Å². The van der Waals surface area contributed by atoms with Gasteiger partial charge in [-0.25, -0.2) is 13.4 Å². The molecule has 2 rings (SSSR count). The van der Waals surface area contributed by atoms with Crippen molar-refractivity contribution in [2.75, 3.05) is 4.72 Å². The number of sulfonamides is 1. The molecule has 7 heteroatoms. The van der Waals surface area contributed by atoms with Crippen LogP contribution in [0.15, 0.2) is 35.5 Å². The highest BCUT2D eigenvalue weighted by molar-refractivity contribution is 7.92. The number of anilines is 1. The summed E-state index contributed by atoms with van der Waals surface area (Å²) in [6.07, 6.45) is 2.88. The van der Waals surface area contributed by atoms with E-state index in [4.69, 9.17) is 0 Å². The smallest absolute Gasteiger partial charge is 0.266 e. The van der Waals surface area contributed by atoms with Crippen molar-refractivity contribution < 1.29 is 8.42 Å². The molecule has 0 aliphatic heterocycles. The van der Waals surface area contributed by atoms with E-state index >= 15 is 0 Å². The fourth-order valence-corrected chi connectivity index (χ4v) is 2.81. The second-order valence-electron chi connectivity index (χ2n) is 3.73. The van der Waals surface area contributed by atoms with E-state index in [0.29, 0.717) is 18.1 Å². The number of pyridine rings is 1. The maximum atomic E-state index is 12.1. The minimum absolute atomic E-state index is 0.176. The van der Waals surface area contributed by atoms with Crippen molar-refractivity contribution in [1.82, 2.24) is 14.8 Å². The van der Waals surface area contributed by atoms with Crippen LogP contribution in [-0.4, -0.2) is 23.2 Å². The Hall–Kier alpha value is -1.89. The molecule has 96 valence electrons. The summed E-state index contributed by atoms with van der Waals surface area (Å²) in [5.41, 5.74) is 0.612. The highest BCUT2D eigenvalue weighted by Crippen LogP contribution is 2.17. The topological polar surface area (TPSA) is 76.9 Å². The van der Waals surface area contributed by atoms with Gasteiger partial charge in [0.2, 0.25) is 0 Å². The molecule has 0 saturated carbocycles. The van der Waals surface area contributed by atoms with Crippen molar-refractivity contribution >= 4 is 15.8 Å². The van der Waals surface area contributed by atoms with Crippen LogP contribution < -0.4 is 4.72 Å². The van der Waals surface area contributed by atoms with Crippen LogP contribution in [0.3, 0.4) is 0 Å². The zero-order valence-corrected chi connectivity index (χ0v) is 11.0. The number of aryl methyl sites for hydroxylation is 1. The average Bonchev–Trinajstić information content (AvgIpc) is 2.72. The molecule has 0 aromatic carbocycles. The second-order valence-corrected chi connectivity index (χ2v) is 5.38. The Morgan fingerprint density at radius 3 is 2.72 bits per heavy atom. The normalized spacial score (nSPS) is 11.4. The van der Waals surface area contributed by atoms with E-state index in [1.54, 1.807) is 29.8 Å². The van der Waals surface area contributed by atoms with E-state index in [1.165, 1.54) is 12.4 Å². The van der Waals surface area contributed by atoms with E-state index in [0.717, 1.165) is 0 Å². The molecule has 0 bridgehead atoms.